The molecule has 2 aromatic heterocycles. The van der Waals surface area contributed by atoms with Crippen LogP contribution in [0.25, 0.3) is 11.3 Å². The van der Waals surface area contributed by atoms with Gasteiger partial charge in [0.05, 0.1) is 22.6 Å². The predicted molar refractivity (Wildman–Crippen MR) is 98.2 cm³/mol. The summed E-state index contributed by atoms with van der Waals surface area (Å²) in [6.45, 7) is 3.26. The van der Waals surface area contributed by atoms with Gasteiger partial charge < -0.3 is 10.4 Å². The molecule has 0 amide bonds. The van der Waals surface area contributed by atoms with E-state index in [-0.39, 0.29) is 22.8 Å². The third kappa shape index (κ3) is 3.39. The van der Waals surface area contributed by atoms with Gasteiger partial charge in [0, 0.05) is 23.6 Å². The normalized spacial score (nSPS) is 10.6. The molecule has 0 atom stereocenters. The Labute approximate surface area is 150 Å². The van der Waals surface area contributed by atoms with E-state index in [0.717, 1.165) is 0 Å². The molecule has 0 fully saturated rings. The minimum Gasteiger partial charge on any atom is -0.504 e. The van der Waals surface area contributed by atoms with Crippen LogP contribution in [0.3, 0.4) is 0 Å². The van der Waals surface area contributed by atoms with E-state index < -0.39 is 5.82 Å². The van der Waals surface area contributed by atoms with Crippen LogP contribution >= 0.6 is 0 Å². The van der Waals surface area contributed by atoms with Gasteiger partial charge in [-0.25, -0.2) is 9.37 Å². The molecule has 0 aliphatic carbocycles. The number of hydrogen-bond donors (Lipinski definition) is 2. The first-order valence-electron chi connectivity index (χ1n) is 8.21. The predicted octanol–water partition coefficient (Wildman–Crippen LogP) is 4.50. The molecular weight excluding hydrogens is 333 g/mol. The van der Waals surface area contributed by atoms with Crippen LogP contribution in [0.15, 0.2) is 48.8 Å². The summed E-state index contributed by atoms with van der Waals surface area (Å²) in [6, 6.07) is 9.36. The number of aryl methyl sites for hydroxylation is 1. The Morgan fingerprint density at radius 3 is 2.69 bits per heavy atom. The number of benzene rings is 1. The van der Waals surface area contributed by atoms with Gasteiger partial charge in [0.1, 0.15) is 5.82 Å². The first-order chi connectivity index (χ1) is 12.5. The largest absolute Gasteiger partial charge is 0.504 e. The van der Waals surface area contributed by atoms with Crippen molar-refractivity contribution in [2.75, 3.05) is 5.32 Å². The number of carbonyl (C=O) groups excluding carboxylic acids is 1. The molecule has 0 saturated heterocycles. The standard InChI is InChI=1S/C20H18FN3O2/c1-3-16-20(26)19(23-15-8-4-7-14(21)10-15)17(12(2)25)18(24-16)13-6-5-9-22-11-13/h4-11,26H,3H2,1-2H3,(H,23,24). The maximum absolute atomic E-state index is 13.5. The van der Waals surface area contributed by atoms with Crippen molar-refractivity contribution in [3.8, 4) is 17.0 Å². The lowest BCUT2D eigenvalue weighted by Crippen LogP contribution is -2.08. The molecule has 26 heavy (non-hydrogen) atoms. The highest BCUT2D eigenvalue weighted by molar-refractivity contribution is 6.07. The van der Waals surface area contributed by atoms with Crippen molar-refractivity contribution in [2.45, 2.75) is 20.3 Å². The van der Waals surface area contributed by atoms with Crippen molar-refractivity contribution in [1.29, 1.82) is 0 Å². The third-order valence-corrected chi connectivity index (χ3v) is 3.96. The van der Waals surface area contributed by atoms with Gasteiger partial charge in [-0.2, -0.15) is 0 Å². The number of rotatable bonds is 5. The van der Waals surface area contributed by atoms with Gasteiger partial charge in [0.15, 0.2) is 11.5 Å². The SMILES string of the molecule is CCc1nc(-c2cccnc2)c(C(C)=O)c(Nc2cccc(F)c2)c1O. The molecule has 0 aliphatic rings. The van der Waals surface area contributed by atoms with Crippen LogP contribution in [-0.2, 0) is 6.42 Å². The van der Waals surface area contributed by atoms with Crippen molar-refractivity contribution < 1.29 is 14.3 Å². The Kier molecular flexibility index (Phi) is 4.93. The van der Waals surface area contributed by atoms with Gasteiger partial charge in [-0.1, -0.05) is 13.0 Å². The zero-order chi connectivity index (χ0) is 18.7. The zero-order valence-corrected chi connectivity index (χ0v) is 14.5. The average Bonchev–Trinajstić information content (AvgIpc) is 2.63. The summed E-state index contributed by atoms with van der Waals surface area (Å²) in [5.74, 6) is -0.807. The van der Waals surface area contributed by atoms with E-state index in [9.17, 15) is 14.3 Å². The molecule has 0 aliphatic heterocycles. The molecule has 0 bridgehead atoms. The highest BCUT2D eigenvalue weighted by Gasteiger charge is 2.23. The Morgan fingerprint density at radius 2 is 2.08 bits per heavy atom. The summed E-state index contributed by atoms with van der Waals surface area (Å²) >= 11 is 0. The molecule has 0 radical (unpaired) electrons. The van der Waals surface area contributed by atoms with Crippen LogP contribution in [0.5, 0.6) is 5.75 Å². The lowest BCUT2D eigenvalue weighted by atomic mass is 10.00. The van der Waals surface area contributed by atoms with E-state index in [0.29, 0.717) is 29.1 Å². The highest BCUT2D eigenvalue weighted by atomic mass is 19.1. The first kappa shape index (κ1) is 17.5. The van der Waals surface area contributed by atoms with Crippen molar-refractivity contribution >= 4 is 17.2 Å². The summed E-state index contributed by atoms with van der Waals surface area (Å²) in [6.07, 6.45) is 3.70. The number of carbonyl (C=O) groups is 1. The lowest BCUT2D eigenvalue weighted by Gasteiger charge is -2.18. The quantitative estimate of drug-likeness (QED) is 0.662. The van der Waals surface area contributed by atoms with Crippen LogP contribution in [0.4, 0.5) is 15.8 Å². The number of Topliss-reactive ketones (excluding diaryl/α,β-unsaturated/α-hetero) is 1. The van der Waals surface area contributed by atoms with Gasteiger partial charge in [0.2, 0.25) is 0 Å². The topological polar surface area (TPSA) is 75.1 Å². The van der Waals surface area contributed by atoms with E-state index in [4.69, 9.17) is 0 Å². The maximum Gasteiger partial charge on any atom is 0.164 e. The van der Waals surface area contributed by atoms with Gasteiger partial charge >= 0.3 is 0 Å². The van der Waals surface area contributed by atoms with E-state index in [2.05, 4.69) is 15.3 Å². The summed E-state index contributed by atoms with van der Waals surface area (Å²) < 4.78 is 13.5. The average molecular weight is 351 g/mol. The van der Waals surface area contributed by atoms with Crippen molar-refractivity contribution in [3.05, 3.63) is 65.9 Å². The van der Waals surface area contributed by atoms with Gasteiger partial charge in [0.25, 0.3) is 0 Å². The first-order valence-corrected chi connectivity index (χ1v) is 8.21. The Hall–Kier alpha value is -3.28. The summed E-state index contributed by atoms with van der Waals surface area (Å²) in [5, 5.41) is 13.6. The molecule has 3 aromatic rings. The van der Waals surface area contributed by atoms with Crippen LogP contribution < -0.4 is 5.32 Å². The fourth-order valence-corrected chi connectivity index (χ4v) is 2.76. The minimum atomic E-state index is -0.420. The summed E-state index contributed by atoms with van der Waals surface area (Å²) in [7, 11) is 0. The van der Waals surface area contributed by atoms with E-state index in [1.165, 1.54) is 19.1 Å². The van der Waals surface area contributed by atoms with Gasteiger partial charge in [-0.05, 0) is 43.7 Å². The molecule has 0 spiro atoms. The fraction of sp³-hybridized carbons (Fsp3) is 0.150. The van der Waals surface area contributed by atoms with Crippen LogP contribution in [0.2, 0.25) is 0 Å². The van der Waals surface area contributed by atoms with Crippen molar-refractivity contribution in [3.63, 3.8) is 0 Å². The molecule has 2 N–H and O–H groups in total. The van der Waals surface area contributed by atoms with Crippen LogP contribution in [0.1, 0.15) is 29.9 Å². The number of pyridine rings is 2. The fourth-order valence-electron chi connectivity index (χ4n) is 2.76. The molecule has 2 heterocycles. The van der Waals surface area contributed by atoms with Crippen molar-refractivity contribution in [1.82, 2.24) is 9.97 Å². The number of nitrogens with zero attached hydrogens (tertiary/aromatic N) is 2. The molecule has 6 heteroatoms. The summed E-state index contributed by atoms with van der Waals surface area (Å²) in [4.78, 5) is 20.9. The van der Waals surface area contributed by atoms with E-state index in [1.54, 1.807) is 36.7 Å². The number of ketones is 1. The molecule has 0 unspecified atom stereocenters. The van der Waals surface area contributed by atoms with Gasteiger partial charge in [-0.3, -0.25) is 9.78 Å². The van der Waals surface area contributed by atoms with Crippen molar-refractivity contribution in [2.24, 2.45) is 0 Å². The Bertz CT molecular complexity index is 959. The number of anilines is 2. The highest BCUT2D eigenvalue weighted by Crippen LogP contribution is 2.38. The van der Waals surface area contributed by atoms with Crippen LogP contribution in [-0.4, -0.2) is 20.9 Å². The number of halogens is 1. The molecule has 1 aromatic carbocycles. The minimum absolute atomic E-state index is 0.116. The maximum atomic E-state index is 13.5. The second-order valence-electron chi connectivity index (χ2n) is 5.79. The molecule has 132 valence electrons. The second kappa shape index (κ2) is 7.31. The lowest BCUT2D eigenvalue weighted by molar-refractivity contribution is 0.101. The van der Waals surface area contributed by atoms with E-state index in [1.807, 2.05) is 6.92 Å². The Balaban J connectivity index is 2.25. The molecular formula is C20H18FN3O2. The number of nitrogens with one attached hydrogen (secondary N) is 1. The third-order valence-electron chi connectivity index (χ3n) is 3.96. The molecule has 0 saturated carbocycles. The summed E-state index contributed by atoms with van der Waals surface area (Å²) in [5.41, 5.74) is 2.40. The number of aromatic nitrogens is 2. The molecule has 3 rings (SSSR count). The Morgan fingerprint density at radius 1 is 1.27 bits per heavy atom. The van der Waals surface area contributed by atoms with E-state index >= 15 is 0 Å². The second-order valence-corrected chi connectivity index (χ2v) is 5.79. The van der Waals surface area contributed by atoms with Gasteiger partial charge in [-0.15, -0.1) is 0 Å². The monoisotopic (exact) mass is 351 g/mol. The number of aromatic hydroxyl groups is 1. The number of hydrogen-bond acceptors (Lipinski definition) is 5. The smallest absolute Gasteiger partial charge is 0.164 e. The molecule has 5 nitrogen and oxygen atoms in total. The zero-order valence-electron chi connectivity index (χ0n) is 14.5. The van der Waals surface area contributed by atoms with Crippen LogP contribution in [0, 0.1) is 5.82 Å².